The Kier molecular flexibility index (Phi) is 7.95. The lowest BCUT2D eigenvalue weighted by Gasteiger charge is -1.99. The number of aryl methyl sites for hydroxylation is 2. The molecule has 94 valence electrons. The Labute approximate surface area is 105 Å². The van der Waals surface area contributed by atoms with Gasteiger partial charge in [-0.05, 0) is 31.5 Å². The maximum absolute atomic E-state index is 4.14. The largest absolute Gasteiger partial charge is 0.155 e. The Morgan fingerprint density at radius 3 is 2.18 bits per heavy atom. The fourth-order valence-electron chi connectivity index (χ4n) is 1.38. The summed E-state index contributed by atoms with van der Waals surface area (Å²) in [4.78, 5) is 0. The molecule has 0 unspecified atom stereocenters. The molecule has 1 aromatic carbocycles. The fourth-order valence-corrected chi connectivity index (χ4v) is 1.38. The number of rotatable bonds is 1. The topological polar surface area (TPSA) is 25.8 Å². The van der Waals surface area contributed by atoms with Crippen molar-refractivity contribution in [1.29, 1.82) is 0 Å². The molecule has 0 fully saturated rings. The van der Waals surface area contributed by atoms with E-state index in [0.29, 0.717) is 0 Å². The molecule has 0 amide bonds. The van der Waals surface area contributed by atoms with E-state index in [9.17, 15) is 0 Å². The smallest absolute Gasteiger partial charge is 0.0930 e. The van der Waals surface area contributed by atoms with Gasteiger partial charge in [0, 0.05) is 5.39 Å². The minimum atomic E-state index is 0.941. The summed E-state index contributed by atoms with van der Waals surface area (Å²) in [6, 6.07) is 8.32. The van der Waals surface area contributed by atoms with Gasteiger partial charge in [0.25, 0.3) is 0 Å². The van der Waals surface area contributed by atoms with E-state index in [2.05, 4.69) is 42.2 Å². The van der Waals surface area contributed by atoms with E-state index < -0.39 is 0 Å². The molecule has 0 bridgehead atoms. The van der Waals surface area contributed by atoms with Crippen molar-refractivity contribution < 1.29 is 0 Å². The Balaban J connectivity index is 0.000000581. The standard InChI is InChI=1S/C11H12N2.2C2H6/c1-3-10-7-9-6-8(2)4-5-11(9)13-12-10;2*1-2/h4-7H,3H2,1-2H3;2*1-2H3. The summed E-state index contributed by atoms with van der Waals surface area (Å²) in [6.07, 6.45) is 0.941. The van der Waals surface area contributed by atoms with Crippen LogP contribution < -0.4 is 0 Å². The van der Waals surface area contributed by atoms with Crippen LogP contribution in [0.3, 0.4) is 0 Å². The highest BCUT2D eigenvalue weighted by molar-refractivity contribution is 5.78. The molecule has 0 spiro atoms. The first kappa shape index (κ1) is 15.6. The van der Waals surface area contributed by atoms with E-state index in [1.165, 1.54) is 10.9 Å². The summed E-state index contributed by atoms with van der Waals surface area (Å²) in [5.74, 6) is 0. The summed E-state index contributed by atoms with van der Waals surface area (Å²) in [6.45, 7) is 12.2. The van der Waals surface area contributed by atoms with Gasteiger partial charge in [-0.3, -0.25) is 0 Å². The first-order valence-electron chi connectivity index (χ1n) is 6.52. The normalized spacial score (nSPS) is 8.82. The van der Waals surface area contributed by atoms with Crippen molar-refractivity contribution in [3.05, 3.63) is 35.5 Å². The zero-order chi connectivity index (χ0) is 13.3. The van der Waals surface area contributed by atoms with Crippen LogP contribution in [-0.4, -0.2) is 10.2 Å². The van der Waals surface area contributed by atoms with Crippen LogP contribution in [0.1, 0.15) is 45.9 Å². The third-order valence-electron chi connectivity index (χ3n) is 2.15. The second-order valence-corrected chi connectivity index (χ2v) is 3.25. The molecule has 1 aromatic heterocycles. The van der Waals surface area contributed by atoms with Gasteiger partial charge in [0.15, 0.2) is 0 Å². The predicted octanol–water partition coefficient (Wildman–Crippen LogP) is 4.55. The van der Waals surface area contributed by atoms with Gasteiger partial charge < -0.3 is 0 Å². The van der Waals surface area contributed by atoms with Gasteiger partial charge in [0.05, 0.1) is 11.2 Å². The Morgan fingerprint density at radius 1 is 0.941 bits per heavy atom. The number of fused-ring (bicyclic) bond motifs is 1. The Bertz CT molecular complexity index is 436. The molecule has 0 radical (unpaired) electrons. The van der Waals surface area contributed by atoms with E-state index in [1.807, 2.05) is 33.8 Å². The Hall–Kier alpha value is -1.44. The van der Waals surface area contributed by atoms with Crippen molar-refractivity contribution in [1.82, 2.24) is 10.2 Å². The molecular weight excluding hydrogens is 208 g/mol. The minimum absolute atomic E-state index is 0.941. The SMILES string of the molecule is CC.CC.CCc1cc2cc(C)ccc2nn1. The molecule has 2 aromatic rings. The van der Waals surface area contributed by atoms with Crippen LogP contribution in [0, 0.1) is 6.92 Å². The molecule has 0 aliphatic rings. The Morgan fingerprint density at radius 2 is 1.59 bits per heavy atom. The number of nitrogens with zero attached hydrogens (tertiary/aromatic N) is 2. The summed E-state index contributed by atoms with van der Waals surface area (Å²) in [5.41, 5.74) is 3.29. The van der Waals surface area contributed by atoms with E-state index in [4.69, 9.17) is 0 Å². The maximum Gasteiger partial charge on any atom is 0.0930 e. The molecule has 0 aliphatic heterocycles. The van der Waals surface area contributed by atoms with Crippen molar-refractivity contribution in [2.45, 2.75) is 48.0 Å². The van der Waals surface area contributed by atoms with Gasteiger partial charge in [-0.25, -0.2) is 0 Å². The van der Waals surface area contributed by atoms with Gasteiger partial charge in [0.1, 0.15) is 0 Å². The number of hydrogen-bond acceptors (Lipinski definition) is 2. The zero-order valence-corrected chi connectivity index (χ0v) is 11.9. The van der Waals surface area contributed by atoms with Gasteiger partial charge in [-0.2, -0.15) is 10.2 Å². The van der Waals surface area contributed by atoms with Gasteiger partial charge in [0.2, 0.25) is 0 Å². The van der Waals surface area contributed by atoms with Crippen LogP contribution in [0.15, 0.2) is 24.3 Å². The van der Waals surface area contributed by atoms with Crippen LogP contribution in [-0.2, 0) is 6.42 Å². The van der Waals surface area contributed by atoms with Crippen molar-refractivity contribution >= 4 is 10.9 Å². The predicted molar refractivity (Wildman–Crippen MR) is 76.3 cm³/mol. The number of benzene rings is 1. The maximum atomic E-state index is 4.14. The molecule has 0 saturated heterocycles. The van der Waals surface area contributed by atoms with Crippen LogP contribution in [0.4, 0.5) is 0 Å². The molecule has 2 rings (SSSR count). The van der Waals surface area contributed by atoms with Crippen LogP contribution in [0.5, 0.6) is 0 Å². The second-order valence-electron chi connectivity index (χ2n) is 3.25. The lowest BCUT2D eigenvalue weighted by Crippen LogP contribution is -1.91. The van der Waals surface area contributed by atoms with E-state index >= 15 is 0 Å². The van der Waals surface area contributed by atoms with Crippen molar-refractivity contribution in [3.8, 4) is 0 Å². The molecule has 1 heterocycles. The summed E-state index contributed by atoms with van der Waals surface area (Å²) >= 11 is 0. The van der Waals surface area contributed by atoms with E-state index in [1.54, 1.807) is 0 Å². The molecule has 0 aliphatic carbocycles. The molecule has 0 saturated carbocycles. The average molecular weight is 232 g/mol. The van der Waals surface area contributed by atoms with Crippen LogP contribution in [0.2, 0.25) is 0 Å². The summed E-state index contributed by atoms with van der Waals surface area (Å²) < 4.78 is 0. The average Bonchev–Trinajstić information content (AvgIpc) is 2.42. The quantitative estimate of drug-likeness (QED) is 0.720. The highest BCUT2D eigenvalue weighted by Gasteiger charge is 1.97. The van der Waals surface area contributed by atoms with Crippen molar-refractivity contribution in [2.75, 3.05) is 0 Å². The van der Waals surface area contributed by atoms with Crippen LogP contribution >= 0.6 is 0 Å². The third kappa shape index (κ3) is 4.51. The third-order valence-corrected chi connectivity index (χ3v) is 2.15. The monoisotopic (exact) mass is 232 g/mol. The summed E-state index contributed by atoms with van der Waals surface area (Å²) in [5, 5.41) is 9.44. The highest BCUT2D eigenvalue weighted by Crippen LogP contribution is 2.13. The lowest BCUT2D eigenvalue weighted by atomic mass is 10.1. The highest BCUT2D eigenvalue weighted by atomic mass is 15.1. The summed E-state index contributed by atoms with van der Waals surface area (Å²) in [7, 11) is 0. The molecule has 2 nitrogen and oxygen atoms in total. The van der Waals surface area contributed by atoms with Crippen LogP contribution in [0.25, 0.3) is 10.9 Å². The van der Waals surface area contributed by atoms with E-state index in [0.717, 1.165) is 17.6 Å². The minimum Gasteiger partial charge on any atom is -0.155 e. The van der Waals surface area contributed by atoms with Gasteiger partial charge in [-0.15, -0.1) is 0 Å². The molecule has 0 N–H and O–H groups in total. The van der Waals surface area contributed by atoms with Gasteiger partial charge in [-0.1, -0.05) is 46.2 Å². The second kappa shape index (κ2) is 8.68. The zero-order valence-electron chi connectivity index (χ0n) is 11.9. The first-order valence-corrected chi connectivity index (χ1v) is 6.52. The van der Waals surface area contributed by atoms with Gasteiger partial charge >= 0.3 is 0 Å². The lowest BCUT2D eigenvalue weighted by molar-refractivity contribution is 0.944. The number of aromatic nitrogens is 2. The van der Waals surface area contributed by atoms with Crippen molar-refractivity contribution in [2.24, 2.45) is 0 Å². The molecule has 0 atom stereocenters. The molecule has 17 heavy (non-hydrogen) atoms. The first-order chi connectivity index (χ1) is 8.29. The van der Waals surface area contributed by atoms with Crippen molar-refractivity contribution in [3.63, 3.8) is 0 Å². The molecular formula is C15H24N2. The fraction of sp³-hybridized carbons (Fsp3) is 0.467. The number of hydrogen-bond donors (Lipinski definition) is 0. The molecule has 2 heteroatoms. The van der Waals surface area contributed by atoms with E-state index in [-0.39, 0.29) is 0 Å².